The Morgan fingerprint density at radius 2 is 1.57 bits per heavy atom. The number of hydrogen-bond donors (Lipinski definition) is 0. The number of hydrogen-bond acceptors (Lipinski definition) is 0. The third-order valence-corrected chi connectivity index (χ3v) is 3.63. The summed E-state index contributed by atoms with van der Waals surface area (Å²) < 4.78 is 64.2. The molecule has 0 saturated carbocycles. The number of halogens is 7. The summed E-state index contributed by atoms with van der Waals surface area (Å²) in [6.45, 7) is 0. The van der Waals surface area contributed by atoms with Gasteiger partial charge in [-0.2, -0.15) is 13.2 Å². The minimum absolute atomic E-state index is 0.00319. The smallest absolute Gasteiger partial charge is 0.204 e. The van der Waals surface area contributed by atoms with Crippen LogP contribution < -0.4 is 0 Å². The summed E-state index contributed by atoms with van der Waals surface area (Å²) in [6, 6.07) is 5.77. The summed E-state index contributed by atoms with van der Waals surface area (Å²) in [6.07, 6.45) is -4.52. The van der Waals surface area contributed by atoms with E-state index in [0.717, 1.165) is 24.3 Å². The molecule has 112 valence electrons. The summed E-state index contributed by atoms with van der Waals surface area (Å²) in [5, 5.41) is -1.29. The topological polar surface area (TPSA) is 0 Å². The molecule has 1 unspecified atom stereocenters. The Balaban J connectivity index is 2.45. The Hall–Kier alpha value is -1.33. The van der Waals surface area contributed by atoms with Crippen molar-refractivity contribution in [1.82, 2.24) is 0 Å². The van der Waals surface area contributed by atoms with Crippen LogP contribution in [-0.4, -0.2) is 0 Å². The predicted octanol–water partition coefficient (Wildman–Crippen LogP) is 5.97. The summed E-state index contributed by atoms with van der Waals surface area (Å²) in [5.74, 6) is -2.33. The van der Waals surface area contributed by atoms with E-state index in [4.69, 9.17) is 23.2 Å². The van der Waals surface area contributed by atoms with Crippen molar-refractivity contribution < 1.29 is 22.0 Å². The van der Waals surface area contributed by atoms with Gasteiger partial charge in [0.1, 0.15) is 0 Å². The van der Waals surface area contributed by atoms with Crippen LogP contribution in [0.25, 0.3) is 0 Å². The fourth-order valence-electron chi connectivity index (χ4n) is 1.78. The van der Waals surface area contributed by atoms with Gasteiger partial charge in [0, 0.05) is 5.02 Å². The van der Waals surface area contributed by atoms with Gasteiger partial charge in [-0.25, -0.2) is 8.78 Å². The van der Waals surface area contributed by atoms with Crippen molar-refractivity contribution in [1.29, 1.82) is 0 Å². The van der Waals surface area contributed by atoms with Gasteiger partial charge >= 0.3 is 6.18 Å². The van der Waals surface area contributed by atoms with Crippen molar-refractivity contribution in [2.75, 3.05) is 0 Å². The molecular weight excluding hydrogens is 334 g/mol. The first-order valence-electron chi connectivity index (χ1n) is 5.66. The molecule has 21 heavy (non-hydrogen) atoms. The SMILES string of the molecule is Fc1cc(Cl)c(C(Cl)c2cccc(C(F)(F)F)c2)cc1F. The van der Waals surface area contributed by atoms with Crippen LogP contribution in [0.2, 0.25) is 5.02 Å². The normalized spacial score (nSPS) is 13.3. The molecule has 1 atom stereocenters. The third-order valence-electron chi connectivity index (χ3n) is 2.82. The fraction of sp³-hybridized carbons (Fsp3) is 0.143. The number of alkyl halides is 4. The summed E-state index contributed by atoms with van der Waals surface area (Å²) in [5.41, 5.74) is -0.805. The maximum atomic E-state index is 13.2. The van der Waals surface area contributed by atoms with Crippen LogP contribution in [-0.2, 0) is 6.18 Å². The molecular formula is C14H7Cl2F5. The van der Waals surface area contributed by atoms with Gasteiger partial charge in [0.15, 0.2) is 11.6 Å². The van der Waals surface area contributed by atoms with Crippen molar-refractivity contribution in [2.24, 2.45) is 0 Å². The van der Waals surface area contributed by atoms with E-state index >= 15 is 0 Å². The van der Waals surface area contributed by atoms with Crippen LogP contribution in [0.5, 0.6) is 0 Å². The van der Waals surface area contributed by atoms with Gasteiger partial charge in [-0.1, -0.05) is 23.7 Å². The van der Waals surface area contributed by atoms with Crippen molar-refractivity contribution in [3.8, 4) is 0 Å². The average Bonchev–Trinajstić information content (AvgIpc) is 2.41. The summed E-state index contributed by atoms with van der Waals surface area (Å²) >= 11 is 11.8. The number of rotatable bonds is 2. The zero-order valence-corrected chi connectivity index (χ0v) is 11.7. The zero-order chi connectivity index (χ0) is 15.8. The van der Waals surface area contributed by atoms with Gasteiger partial charge in [-0.05, 0) is 35.4 Å². The lowest BCUT2D eigenvalue weighted by molar-refractivity contribution is -0.137. The second kappa shape index (κ2) is 5.81. The molecule has 0 aliphatic heterocycles. The molecule has 0 N–H and O–H groups in total. The van der Waals surface area contributed by atoms with Crippen LogP contribution in [0, 0.1) is 11.6 Å². The monoisotopic (exact) mass is 340 g/mol. The lowest BCUT2D eigenvalue weighted by Crippen LogP contribution is -2.06. The van der Waals surface area contributed by atoms with Crippen LogP contribution in [0.15, 0.2) is 36.4 Å². The lowest BCUT2D eigenvalue weighted by atomic mass is 10.0. The standard InChI is InChI=1S/C14H7Cl2F5/c15-10-6-12(18)11(17)5-9(10)13(16)7-2-1-3-8(4-7)14(19,20)21/h1-6,13H. The van der Waals surface area contributed by atoms with Gasteiger partial charge in [0.25, 0.3) is 0 Å². The first-order valence-corrected chi connectivity index (χ1v) is 6.47. The third kappa shape index (κ3) is 3.47. The van der Waals surface area contributed by atoms with E-state index in [1.54, 1.807) is 0 Å². The summed E-state index contributed by atoms with van der Waals surface area (Å²) in [7, 11) is 0. The van der Waals surface area contributed by atoms with E-state index in [9.17, 15) is 22.0 Å². The molecule has 0 bridgehead atoms. The first kappa shape index (κ1) is 16.0. The van der Waals surface area contributed by atoms with Crippen LogP contribution in [0.4, 0.5) is 22.0 Å². The van der Waals surface area contributed by atoms with E-state index in [2.05, 4.69) is 0 Å². The highest BCUT2D eigenvalue weighted by atomic mass is 35.5. The Morgan fingerprint density at radius 1 is 0.952 bits per heavy atom. The maximum absolute atomic E-state index is 13.2. The second-order valence-corrected chi connectivity index (χ2v) is 5.12. The molecule has 0 aliphatic carbocycles. The molecule has 0 spiro atoms. The predicted molar refractivity (Wildman–Crippen MR) is 70.5 cm³/mol. The van der Waals surface area contributed by atoms with Crippen molar-refractivity contribution in [3.63, 3.8) is 0 Å². The highest BCUT2D eigenvalue weighted by Crippen LogP contribution is 2.37. The largest absolute Gasteiger partial charge is 0.416 e. The van der Waals surface area contributed by atoms with Gasteiger partial charge < -0.3 is 0 Å². The molecule has 2 aromatic carbocycles. The van der Waals surface area contributed by atoms with Gasteiger partial charge in [-0.15, -0.1) is 11.6 Å². The molecule has 0 amide bonds. The Labute approximate surface area is 127 Å². The molecule has 2 aromatic rings. The Bertz CT molecular complexity index is 667. The van der Waals surface area contributed by atoms with Gasteiger partial charge in [0.05, 0.1) is 10.9 Å². The van der Waals surface area contributed by atoms with Crippen molar-refractivity contribution in [3.05, 3.63) is 69.7 Å². The highest BCUT2D eigenvalue weighted by molar-refractivity contribution is 6.33. The summed E-state index contributed by atoms with van der Waals surface area (Å²) in [4.78, 5) is 0. The van der Waals surface area contributed by atoms with Crippen LogP contribution in [0.1, 0.15) is 22.1 Å². The minimum Gasteiger partial charge on any atom is -0.204 e. The van der Waals surface area contributed by atoms with E-state index in [0.29, 0.717) is 0 Å². The fourth-order valence-corrected chi connectivity index (χ4v) is 2.42. The number of benzene rings is 2. The highest BCUT2D eigenvalue weighted by Gasteiger charge is 2.31. The molecule has 0 nitrogen and oxygen atoms in total. The van der Waals surface area contributed by atoms with Gasteiger partial charge in [-0.3, -0.25) is 0 Å². The molecule has 0 heterocycles. The van der Waals surface area contributed by atoms with E-state index in [-0.39, 0.29) is 16.1 Å². The molecule has 0 aromatic heterocycles. The van der Waals surface area contributed by atoms with Crippen LogP contribution >= 0.6 is 23.2 Å². The van der Waals surface area contributed by atoms with E-state index in [1.807, 2.05) is 0 Å². The van der Waals surface area contributed by atoms with Crippen LogP contribution in [0.3, 0.4) is 0 Å². The second-order valence-electron chi connectivity index (χ2n) is 4.27. The quantitative estimate of drug-likeness (QED) is 0.359. The Kier molecular flexibility index (Phi) is 4.44. The molecule has 0 fully saturated rings. The van der Waals surface area contributed by atoms with Crippen molar-refractivity contribution >= 4 is 23.2 Å². The molecule has 2 rings (SSSR count). The average molecular weight is 341 g/mol. The zero-order valence-electron chi connectivity index (χ0n) is 10.2. The minimum atomic E-state index is -4.52. The molecule has 7 heteroatoms. The first-order chi connectivity index (χ1) is 9.70. The van der Waals surface area contributed by atoms with Gasteiger partial charge in [0.2, 0.25) is 0 Å². The van der Waals surface area contributed by atoms with E-state index < -0.39 is 28.8 Å². The molecule has 0 aliphatic rings. The molecule has 0 radical (unpaired) electrons. The molecule has 0 saturated heterocycles. The lowest BCUT2D eigenvalue weighted by Gasteiger charge is -2.15. The maximum Gasteiger partial charge on any atom is 0.416 e. The Morgan fingerprint density at radius 3 is 2.19 bits per heavy atom. The van der Waals surface area contributed by atoms with E-state index in [1.165, 1.54) is 12.1 Å². The van der Waals surface area contributed by atoms with Crippen molar-refractivity contribution in [2.45, 2.75) is 11.6 Å².